The molecule has 0 radical (unpaired) electrons. The van der Waals surface area contributed by atoms with Crippen LogP contribution in [-0.2, 0) is 22.4 Å². The maximum Gasteiger partial charge on any atom is 0.166 e. The van der Waals surface area contributed by atoms with Crippen LogP contribution in [-0.4, -0.2) is 12.4 Å². The molecule has 1 unspecified atom stereocenters. The Morgan fingerprint density at radius 2 is 2.16 bits per heavy atom. The second-order valence-electron chi connectivity index (χ2n) is 4.75. The molecule has 0 saturated heterocycles. The van der Waals surface area contributed by atoms with Crippen molar-refractivity contribution in [1.29, 1.82) is 0 Å². The highest BCUT2D eigenvalue weighted by Crippen LogP contribution is 2.29. The van der Waals surface area contributed by atoms with E-state index < -0.39 is 0 Å². The molecule has 0 bridgehead atoms. The highest BCUT2D eigenvalue weighted by Gasteiger charge is 2.26. The van der Waals surface area contributed by atoms with Crippen LogP contribution in [0.1, 0.15) is 28.5 Å². The number of carbonyl (C=O) groups is 1. The molecule has 3 rings (SSSR count). The Labute approximate surface area is 117 Å². The van der Waals surface area contributed by atoms with Crippen LogP contribution in [0.2, 0.25) is 0 Å². The van der Waals surface area contributed by atoms with E-state index in [0.29, 0.717) is 13.0 Å². The van der Waals surface area contributed by atoms with E-state index in [1.807, 2.05) is 29.6 Å². The molecule has 1 aromatic carbocycles. The molecule has 0 aliphatic carbocycles. The molecule has 2 nitrogen and oxygen atoms in total. The zero-order valence-corrected chi connectivity index (χ0v) is 11.5. The van der Waals surface area contributed by atoms with Crippen LogP contribution < -0.4 is 0 Å². The monoisotopic (exact) mass is 272 g/mol. The van der Waals surface area contributed by atoms with Crippen LogP contribution >= 0.6 is 11.3 Å². The van der Waals surface area contributed by atoms with Crippen LogP contribution in [0, 0.1) is 0 Å². The lowest BCUT2D eigenvalue weighted by atomic mass is 9.93. The number of benzene rings is 1. The Morgan fingerprint density at radius 1 is 1.26 bits per heavy atom. The maximum absolute atomic E-state index is 12.3. The minimum Gasteiger partial charge on any atom is -0.365 e. The fourth-order valence-electron chi connectivity index (χ4n) is 2.49. The Bertz CT molecular complexity index is 560. The largest absolute Gasteiger partial charge is 0.365 e. The van der Waals surface area contributed by atoms with Gasteiger partial charge in [0.1, 0.15) is 6.10 Å². The summed E-state index contributed by atoms with van der Waals surface area (Å²) in [5.41, 5.74) is 2.31. The fourth-order valence-corrected chi connectivity index (χ4v) is 3.20. The number of aryl methyl sites for hydroxylation is 1. The predicted octanol–water partition coefficient (Wildman–Crippen LogP) is 3.56. The molecule has 0 saturated carbocycles. The first kappa shape index (κ1) is 12.6. The van der Waals surface area contributed by atoms with Gasteiger partial charge >= 0.3 is 0 Å². The predicted molar refractivity (Wildman–Crippen MR) is 76.5 cm³/mol. The third-order valence-electron chi connectivity index (χ3n) is 3.48. The van der Waals surface area contributed by atoms with Gasteiger partial charge in [-0.2, -0.15) is 0 Å². The molecule has 3 heteroatoms. The lowest BCUT2D eigenvalue weighted by Crippen LogP contribution is -2.23. The van der Waals surface area contributed by atoms with Crippen molar-refractivity contribution in [2.45, 2.75) is 25.4 Å². The molecule has 2 heterocycles. The van der Waals surface area contributed by atoms with E-state index in [1.165, 1.54) is 10.4 Å². The molecule has 0 fully saturated rings. The van der Waals surface area contributed by atoms with E-state index in [4.69, 9.17) is 4.74 Å². The molecule has 0 amide bonds. The van der Waals surface area contributed by atoms with Gasteiger partial charge in [-0.05, 0) is 35.4 Å². The second-order valence-corrected chi connectivity index (χ2v) is 5.78. The van der Waals surface area contributed by atoms with Gasteiger partial charge in [0.15, 0.2) is 5.78 Å². The number of hydrogen-bond donors (Lipinski definition) is 0. The summed E-state index contributed by atoms with van der Waals surface area (Å²) < 4.78 is 5.69. The quantitative estimate of drug-likeness (QED) is 0.850. The van der Waals surface area contributed by atoms with Crippen molar-refractivity contribution in [2.24, 2.45) is 0 Å². The van der Waals surface area contributed by atoms with E-state index in [0.717, 1.165) is 18.4 Å². The summed E-state index contributed by atoms with van der Waals surface area (Å²) in [5, 5.41) is 2.05. The third kappa shape index (κ3) is 2.77. The Morgan fingerprint density at radius 3 is 3.00 bits per heavy atom. The summed E-state index contributed by atoms with van der Waals surface area (Å²) in [5.74, 6) is 0.195. The molecule has 1 aromatic heterocycles. The molecular formula is C16H16O2S. The van der Waals surface area contributed by atoms with Gasteiger partial charge in [0.2, 0.25) is 0 Å². The van der Waals surface area contributed by atoms with E-state index in [1.54, 1.807) is 11.3 Å². The summed E-state index contributed by atoms with van der Waals surface area (Å²) in [7, 11) is 0. The van der Waals surface area contributed by atoms with Gasteiger partial charge in [-0.25, -0.2) is 0 Å². The topological polar surface area (TPSA) is 26.3 Å². The average molecular weight is 272 g/mol. The summed E-state index contributed by atoms with van der Waals surface area (Å²) in [6, 6.07) is 12.2. The second kappa shape index (κ2) is 5.68. The zero-order chi connectivity index (χ0) is 13.1. The summed E-state index contributed by atoms with van der Waals surface area (Å²) in [6.07, 6.45) is 1.92. The van der Waals surface area contributed by atoms with E-state index in [2.05, 4.69) is 12.1 Å². The summed E-state index contributed by atoms with van der Waals surface area (Å²) in [4.78, 5) is 13.6. The first-order valence-electron chi connectivity index (χ1n) is 6.59. The molecule has 98 valence electrons. The Hall–Kier alpha value is -1.45. The van der Waals surface area contributed by atoms with Gasteiger partial charge in [0.25, 0.3) is 0 Å². The van der Waals surface area contributed by atoms with Crippen LogP contribution in [0.25, 0.3) is 0 Å². The number of hydrogen-bond acceptors (Lipinski definition) is 3. The molecule has 1 atom stereocenters. The van der Waals surface area contributed by atoms with Gasteiger partial charge in [0.05, 0.1) is 6.61 Å². The molecule has 0 N–H and O–H groups in total. The van der Waals surface area contributed by atoms with Crippen molar-refractivity contribution in [2.75, 3.05) is 6.61 Å². The van der Waals surface area contributed by atoms with Crippen molar-refractivity contribution in [3.8, 4) is 0 Å². The number of ether oxygens (including phenoxy) is 1. The minimum absolute atomic E-state index is 0.195. The lowest BCUT2D eigenvalue weighted by molar-refractivity contribution is -0.131. The number of Topliss-reactive ketones (excluding diaryl/α,β-unsaturated/α-hetero) is 1. The highest BCUT2D eigenvalue weighted by molar-refractivity contribution is 7.09. The van der Waals surface area contributed by atoms with Crippen LogP contribution in [0.5, 0.6) is 0 Å². The van der Waals surface area contributed by atoms with Crippen molar-refractivity contribution in [3.05, 3.63) is 57.8 Å². The van der Waals surface area contributed by atoms with Crippen molar-refractivity contribution in [1.82, 2.24) is 0 Å². The van der Waals surface area contributed by atoms with Crippen molar-refractivity contribution < 1.29 is 9.53 Å². The highest BCUT2D eigenvalue weighted by atomic mass is 32.1. The minimum atomic E-state index is -0.357. The van der Waals surface area contributed by atoms with Gasteiger partial charge < -0.3 is 4.74 Å². The smallest absolute Gasteiger partial charge is 0.166 e. The number of rotatable bonds is 4. The molecule has 1 aliphatic rings. The van der Waals surface area contributed by atoms with Gasteiger partial charge in [-0.1, -0.05) is 30.3 Å². The lowest BCUT2D eigenvalue weighted by Gasteiger charge is -2.24. The summed E-state index contributed by atoms with van der Waals surface area (Å²) in [6.45, 7) is 0.645. The molecule has 0 spiro atoms. The maximum atomic E-state index is 12.3. The van der Waals surface area contributed by atoms with Gasteiger partial charge in [0, 0.05) is 11.3 Å². The summed E-state index contributed by atoms with van der Waals surface area (Å²) >= 11 is 1.70. The van der Waals surface area contributed by atoms with Crippen molar-refractivity contribution in [3.63, 3.8) is 0 Å². The number of fused-ring (bicyclic) bond motifs is 1. The number of thiophene rings is 1. The molecule has 1 aliphatic heterocycles. The van der Waals surface area contributed by atoms with Gasteiger partial charge in [-0.3, -0.25) is 4.79 Å². The molecular weight excluding hydrogens is 256 g/mol. The first-order valence-corrected chi connectivity index (χ1v) is 7.47. The standard InChI is InChI=1S/C16H16O2S/c17-15(8-7-13-5-3-11-19-13)16-14-6-2-1-4-12(14)9-10-18-16/h1-6,11,16H,7-10H2. The zero-order valence-electron chi connectivity index (χ0n) is 10.7. The van der Waals surface area contributed by atoms with Crippen LogP contribution in [0.4, 0.5) is 0 Å². The van der Waals surface area contributed by atoms with E-state index >= 15 is 0 Å². The SMILES string of the molecule is O=C(CCc1cccs1)C1OCCc2ccccc21. The molecule has 2 aromatic rings. The third-order valence-corrected chi connectivity index (χ3v) is 4.42. The Balaban J connectivity index is 1.71. The van der Waals surface area contributed by atoms with E-state index in [9.17, 15) is 4.79 Å². The number of carbonyl (C=O) groups excluding carboxylic acids is 1. The van der Waals surface area contributed by atoms with Gasteiger partial charge in [-0.15, -0.1) is 11.3 Å². The first-order chi connectivity index (χ1) is 9.34. The fraction of sp³-hybridized carbons (Fsp3) is 0.312. The number of ketones is 1. The van der Waals surface area contributed by atoms with Crippen LogP contribution in [0.3, 0.4) is 0 Å². The van der Waals surface area contributed by atoms with Crippen molar-refractivity contribution >= 4 is 17.1 Å². The van der Waals surface area contributed by atoms with Crippen LogP contribution in [0.15, 0.2) is 41.8 Å². The van der Waals surface area contributed by atoms with E-state index in [-0.39, 0.29) is 11.9 Å². The average Bonchev–Trinajstić information content (AvgIpc) is 2.97. The molecule has 19 heavy (non-hydrogen) atoms. The Kier molecular flexibility index (Phi) is 3.76. The normalized spacial score (nSPS) is 18.0.